The zero-order chi connectivity index (χ0) is 22.5. The average molecular weight is 424 g/mol. The van der Waals surface area contributed by atoms with Crippen molar-refractivity contribution in [2.75, 3.05) is 20.8 Å². The third-order valence-corrected chi connectivity index (χ3v) is 4.21. The second kappa shape index (κ2) is 12.8. The van der Waals surface area contributed by atoms with Crippen LogP contribution in [0, 0.1) is 0 Å². The third-order valence-electron chi connectivity index (χ3n) is 4.21. The zero-order valence-corrected chi connectivity index (χ0v) is 17.3. The van der Waals surface area contributed by atoms with Crippen molar-refractivity contribution < 1.29 is 19.1 Å². The number of rotatable bonds is 11. The predicted octanol–water partition coefficient (Wildman–Crippen LogP) is 3.31. The molecule has 0 fully saturated rings. The van der Waals surface area contributed by atoms with E-state index in [4.69, 9.17) is 15.0 Å². The van der Waals surface area contributed by atoms with Crippen LogP contribution in [0.1, 0.15) is 28.8 Å². The Morgan fingerprint density at radius 3 is 2.58 bits per heavy atom. The molecule has 10 nitrogen and oxygen atoms in total. The number of aromatic nitrogens is 1. The molecule has 2 N–H and O–H groups in total. The summed E-state index contributed by atoms with van der Waals surface area (Å²) in [6.45, 7) is 0.378. The van der Waals surface area contributed by atoms with E-state index >= 15 is 0 Å². The van der Waals surface area contributed by atoms with Crippen molar-refractivity contribution in [3.05, 3.63) is 76.1 Å². The first kappa shape index (κ1) is 23.6. The first-order valence-corrected chi connectivity index (χ1v) is 9.49. The molecule has 0 spiro atoms. The minimum Gasteiger partial charge on any atom is -0.356 e. The van der Waals surface area contributed by atoms with Gasteiger partial charge in [-0.1, -0.05) is 23.3 Å². The average Bonchev–Trinajstić information content (AvgIpc) is 2.80. The molecular formula is C21H24N6O4. The number of hydrogen-bond donors (Lipinski definition) is 2. The normalized spacial score (nSPS) is 11.0. The summed E-state index contributed by atoms with van der Waals surface area (Å²) < 4.78 is 10.2. The number of amides is 2. The van der Waals surface area contributed by atoms with Crippen molar-refractivity contribution in [3.63, 3.8) is 0 Å². The molecule has 0 aliphatic carbocycles. The lowest BCUT2D eigenvalue weighted by atomic mass is 10.1. The topological polar surface area (TPSA) is 138 Å². The fourth-order valence-corrected chi connectivity index (χ4v) is 2.61. The van der Waals surface area contributed by atoms with Gasteiger partial charge in [0.25, 0.3) is 11.8 Å². The van der Waals surface area contributed by atoms with Gasteiger partial charge in [0.1, 0.15) is 5.70 Å². The van der Waals surface area contributed by atoms with Gasteiger partial charge in [0.15, 0.2) is 6.29 Å². The number of benzene rings is 1. The molecule has 1 aromatic heterocycles. The second-order valence-electron chi connectivity index (χ2n) is 6.33. The molecule has 0 saturated carbocycles. The lowest BCUT2D eigenvalue weighted by Crippen LogP contribution is -2.35. The van der Waals surface area contributed by atoms with E-state index in [1.165, 1.54) is 24.3 Å². The van der Waals surface area contributed by atoms with E-state index in [1.54, 1.807) is 44.8 Å². The molecule has 2 rings (SSSR count). The van der Waals surface area contributed by atoms with Gasteiger partial charge in [0.2, 0.25) is 0 Å². The van der Waals surface area contributed by atoms with Crippen LogP contribution in [0.15, 0.2) is 59.6 Å². The third kappa shape index (κ3) is 7.90. The first-order valence-electron chi connectivity index (χ1n) is 9.49. The molecule has 2 aromatic rings. The maximum absolute atomic E-state index is 12.7. The molecule has 0 radical (unpaired) electrons. The summed E-state index contributed by atoms with van der Waals surface area (Å²) in [6, 6.07) is 9.54. The SMILES string of the molecule is COC(CCCNC(=O)C(=Cc1cccnc1)NC(=O)c1ccc(N=[N+]=[N-])cc1)OC. The summed E-state index contributed by atoms with van der Waals surface area (Å²) in [7, 11) is 3.10. The molecule has 162 valence electrons. The molecule has 0 aliphatic rings. The van der Waals surface area contributed by atoms with E-state index < -0.39 is 11.8 Å². The molecule has 2 amide bonds. The molecule has 1 heterocycles. The molecule has 0 bridgehead atoms. The van der Waals surface area contributed by atoms with E-state index in [1.807, 2.05) is 0 Å². The molecule has 31 heavy (non-hydrogen) atoms. The van der Waals surface area contributed by atoms with Crippen molar-refractivity contribution in [2.45, 2.75) is 19.1 Å². The van der Waals surface area contributed by atoms with Crippen LogP contribution in [0.4, 0.5) is 5.69 Å². The molecule has 0 saturated heterocycles. The van der Waals surface area contributed by atoms with Gasteiger partial charge in [-0.05, 0) is 41.8 Å². The Kier molecular flexibility index (Phi) is 9.70. The Morgan fingerprint density at radius 1 is 1.23 bits per heavy atom. The fourth-order valence-electron chi connectivity index (χ4n) is 2.61. The Morgan fingerprint density at radius 2 is 1.97 bits per heavy atom. The maximum atomic E-state index is 12.7. The van der Waals surface area contributed by atoms with Crippen LogP contribution in [-0.2, 0) is 14.3 Å². The highest BCUT2D eigenvalue weighted by Gasteiger charge is 2.15. The van der Waals surface area contributed by atoms with Gasteiger partial charge in [-0.3, -0.25) is 14.6 Å². The van der Waals surface area contributed by atoms with E-state index in [0.29, 0.717) is 36.2 Å². The van der Waals surface area contributed by atoms with Crippen molar-refractivity contribution in [2.24, 2.45) is 5.11 Å². The zero-order valence-electron chi connectivity index (χ0n) is 17.3. The highest BCUT2D eigenvalue weighted by molar-refractivity contribution is 6.05. The van der Waals surface area contributed by atoms with E-state index in [9.17, 15) is 9.59 Å². The fraction of sp³-hybridized carbons (Fsp3) is 0.286. The van der Waals surface area contributed by atoms with Crippen LogP contribution in [0.3, 0.4) is 0 Å². The van der Waals surface area contributed by atoms with Crippen molar-refractivity contribution in [1.82, 2.24) is 15.6 Å². The van der Waals surface area contributed by atoms with Crippen LogP contribution < -0.4 is 10.6 Å². The summed E-state index contributed by atoms with van der Waals surface area (Å²) in [4.78, 5) is 32.1. The lowest BCUT2D eigenvalue weighted by Gasteiger charge is -2.14. The van der Waals surface area contributed by atoms with Gasteiger partial charge < -0.3 is 20.1 Å². The van der Waals surface area contributed by atoms with Crippen LogP contribution in [-0.4, -0.2) is 43.9 Å². The summed E-state index contributed by atoms with van der Waals surface area (Å²) in [6.07, 6.45) is 5.64. The van der Waals surface area contributed by atoms with Crippen LogP contribution in [0.2, 0.25) is 0 Å². The number of ether oxygens (including phenoxy) is 2. The number of carbonyl (C=O) groups excluding carboxylic acids is 2. The van der Waals surface area contributed by atoms with Crippen LogP contribution in [0.5, 0.6) is 0 Å². The molecular weight excluding hydrogens is 400 g/mol. The Bertz CT molecular complexity index is 936. The number of nitrogens with zero attached hydrogens (tertiary/aromatic N) is 4. The highest BCUT2D eigenvalue weighted by Crippen LogP contribution is 2.14. The first-order chi connectivity index (χ1) is 15.1. The Hall–Kier alpha value is -3.72. The van der Waals surface area contributed by atoms with E-state index in [-0.39, 0.29) is 12.0 Å². The summed E-state index contributed by atoms with van der Waals surface area (Å²) in [5, 5.41) is 8.88. The standard InChI is InChI=1S/C21H24N6O4/c1-30-19(31-2)6-4-12-24-21(29)18(13-15-5-3-11-23-14-15)25-20(28)16-7-9-17(10-8-16)26-27-22/h3,5,7-11,13-14,19H,4,6,12H2,1-2H3,(H,24,29)(H,25,28). The maximum Gasteiger partial charge on any atom is 0.267 e. The van der Waals surface area contributed by atoms with Gasteiger partial charge in [-0.15, -0.1) is 0 Å². The molecule has 1 aromatic carbocycles. The molecule has 0 atom stereocenters. The Labute approximate surface area is 179 Å². The predicted molar refractivity (Wildman–Crippen MR) is 115 cm³/mol. The number of methoxy groups -OCH3 is 2. The van der Waals surface area contributed by atoms with Crippen molar-refractivity contribution in [3.8, 4) is 0 Å². The number of hydrogen-bond acceptors (Lipinski definition) is 6. The number of azide groups is 1. The number of nitrogens with one attached hydrogen (secondary N) is 2. The number of pyridine rings is 1. The largest absolute Gasteiger partial charge is 0.356 e. The monoisotopic (exact) mass is 424 g/mol. The van der Waals surface area contributed by atoms with Crippen LogP contribution in [0.25, 0.3) is 16.5 Å². The van der Waals surface area contributed by atoms with E-state index in [2.05, 4.69) is 25.6 Å². The van der Waals surface area contributed by atoms with Crippen molar-refractivity contribution >= 4 is 23.6 Å². The molecule has 10 heteroatoms. The minimum absolute atomic E-state index is 0.0761. The van der Waals surface area contributed by atoms with Crippen LogP contribution >= 0.6 is 0 Å². The van der Waals surface area contributed by atoms with Crippen molar-refractivity contribution in [1.29, 1.82) is 0 Å². The van der Waals surface area contributed by atoms with Gasteiger partial charge >= 0.3 is 0 Å². The summed E-state index contributed by atoms with van der Waals surface area (Å²) >= 11 is 0. The minimum atomic E-state index is -0.475. The van der Waals surface area contributed by atoms with Gasteiger partial charge in [-0.2, -0.15) is 0 Å². The lowest BCUT2D eigenvalue weighted by molar-refractivity contribution is -0.118. The van der Waals surface area contributed by atoms with Gasteiger partial charge in [0.05, 0.1) is 0 Å². The molecule has 0 unspecified atom stereocenters. The van der Waals surface area contributed by atoms with E-state index in [0.717, 1.165) is 0 Å². The number of carbonyl (C=O) groups is 2. The smallest absolute Gasteiger partial charge is 0.267 e. The summed E-state index contributed by atoms with van der Waals surface area (Å²) in [5.41, 5.74) is 9.90. The summed E-state index contributed by atoms with van der Waals surface area (Å²) in [5.74, 6) is -0.911. The van der Waals surface area contributed by atoms with Gasteiger partial charge in [-0.25, -0.2) is 0 Å². The second-order valence-corrected chi connectivity index (χ2v) is 6.33. The van der Waals surface area contributed by atoms with Gasteiger partial charge in [0, 0.05) is 55.7 Å². The Balaban J connectivity index is 2.09. The quantitative estimate of drug-likeness (QED) is 0.142. The highest BCUT2D eigenvalue weighted by atomic mass is 16.7. The molecule has 0 aliphatic heterocycles.